The molecule has 2 saturated carbocycles. The standard InChI is InChI=1S/C25H26FN3O2/c1-15-21(24(30)27-23(17-13-14-17)16-7-3-2-4-8-16)19-11-6-12-20(26)22(19)25(31)29(15)28-18-9-5-10-18/h2-4,6-8,11-12,17-18,23,28H,5,9-10,13-14H2,1H3,(H,27,30). The van der Waals surface area contributed by atoms with Crippen molar-refractivity contribution < 1.29 is 9.18 Å². The molecule has 6 heteroatoms. The summed E-state index contributed by atoms with van der Waals surface area (Å²) in [6.45, 7) is 1.75. The summed E-state index contributed by atoms with van der Waals surface area (Å²) in [6, 6.07) is 14.5. The molecule has 31 heavy (non-hydrogen) atoms. The van der Waals surface area contributed by atoms with E-state index in [2.05, 4.69) is 10.7 Å². The third-order valence-corrected chi connectivity index (χ3v) is 6.58. The number of carbonyl (C=O) groups excluding carboxylic acids is 1. The predicted octanol–water partition coefficient (Wildman–Crippen LogP) is 4.43. The fraction of sp³-hybridized carbons (Fsp3) is 0.360. The van der Waals surface area contributed by atoms with E-state index < -0.39 is 11.4 Å². The molecular formula is C25H26FN3O2. The molecule has 0 bridgehead atoms. The van der Waals surface area contributed by atoms with E-state index in [9.17, 15) is 14.0 Å². The molecule has 1 unspecified atom stereocenters. The number of nitrogens with zero attached hydrogens (tertiary/aromatic N) is 1. The van der Waals surface area contributed by atoms with Crippen LogP contribution in [0.2, 0.25) is 0 Å². The molecule has 2 fully saturated rings. The molecule has 1 atom stereocenters. The Hall–Kier alpha value is -3.15. The van der Waals surface area contributed by atoms with Gasteiger partial charge in [0.05, 0.1) is 22.7 Å². The number of halogens is 1. The van der Waals surface area contributed by atoms with Gasteiger partial charge in [-0.2, -0.15) is 0 Å². The van der Waals surface area contributed by atoms with E-state index in [1.165, 1.54) is 10.7 Å². The average Bonchev–Trinajstić information content (AvgIpc) is 3.56. The van der Waals surface area contributed by atoms with Gasteiger partial charge >= 0.3 is 0 Å². The number of benzene rings is 2. The molecule has 0 radical (unpaired) electrons. The van der Waals surface area contributed by atoms with Crippen molar-refractivity contribution in [3.63, 3.8) is 0 Å². The second-order valence-corrected chi connectivity index (χ2v) is 8.72. The molecular weight excluding hydrogens is 393 g/mol. The number of hydrogen-bond donors (Lipinski definition) is 2. The summed E-state index contributed by atoms with van der Waals surface area (Å²) >= 11 is 0. The molecule has 1 amide bonds. The number of hydrogen-bond acceptors (Lipinski definition) is 3. The zero-order chi connectivity index (χ0) is 21.5. The lowest BCUT2D eigenvalue weighted by Gasteiger charge is -2.30. The van der Waals surface area contributed by atoms with Crippen LogP contribution in [0.1, 0.15) is 59.8 Å². The molecule has 0 spiro atoms. The minimum Gasteiger partial charge on any atom is -0.345 e. The Balaban J connectivity index is 1.60. The van der Waals surface area contributed by atoms with Crippen LogP contribution in [0.5, 0.6) is 0 Å². The van der Waals surface area contributed by atoms with Gasteiger partial charge in [0, 0.05) is 11.4 Å². The predicted molar refractivity (Wildman–Crippen MR) is 119 cm³/mol. The summed E-state index contributed by atoms with van der Waals surface area (Å²) < 4.78 is 16.1. The van der Waals surface area contributed by atoms with Crippen LogP contribution in [0.15, 0.2) is 53.3 Å². The van der Waals surface area contributed by atoms with Crippen LogP contribution >= 0.6 is 0 Å². The number of pyridine rings is 1. The molecule has 2 N–H and O–H groups in total. The summed E-state index contributed by atoms with van der Waals surface area (Å²) in [6.07, 6.45) is 5.15. The smallest absolute Gasteiger partial charge is 0.279 e. The van der Waals surface area contributed by atoms with E-state index in [1.54, 1.807) is 19.1 Å². The number of aromatic nitrogens is 1. The van der Waals surface area contributed by atoms with Gasteiger partial charge in [-0.1, -0.05) is 42.5 Å². The topological polar surface area (TPSA) is 63.1 Å². The number of carbonyl (C=O) groups is 1. The Morgan fingerprint density at radius 3 is 2.45 bits per heavy atom. The van der Waals surface area contributed by atoms with E-state index in [0.717, 1.165) is 37.7 Å². The van der Waals surface area contributed by atoms with Crippen molar-refractivity contribution in [2.75, 3.05) is 5.43 Å². The highest BCUT2D eigenvalue weighted by Gasteiger charge is 2.34. The van der Waals surface area contributed by atoms with Crippen molar-refractivity contribution in [2.24, 2.45) is 5.92 Å². The number of fused-ring (bicyclic) bond motifs is 1. The Kier molecular flexibility index (Phi) is 5.00. The average molecular weight is 420 g/mol. The first-order valence-electron chi connectivity index (χ1n) is 11.0. The molecule has 2 aromatic carbocycles. The third kappa shape index (κ3) is 3.60. The summed E-state index contributed by atoms with van der Waals surface area (Å²) in [7, 11) is 0. The van der Waals surface area contributed by atoms with Crippen molar-refractivity contribution in [3.05, 3.63) is 81.5 Å². The van der Waals surface area contributed by atoms with E-state index in [1.807, 2.05) is 30.3 Å². The molecule has 3 aromatic rings. The first-order chi connectivity index (χ1) is 15.0. The molecule has 0 aliphatic heterocycles. The van der Waals surface area contributed by atoms with Crippen molar-refractivity contribution in [1.82, 2.24) is 9.99 Å². The highest BCUT2D eigenvalue weighted by molar-refractivity contribution is 6.08. The van der Waals surface area contributed by atoms with Gasteiger partial charge in [0.15, 0.2) is 0 Å². The van der Waals surface area contributed by atoms with Crippen LogP contribution in [0.4, 0.5) is 4.39 Å². The zero-order valence-corrected chi connectivity index (χ0v) is 17.5. The van der Waals surface area contributed by atoms with Gasteiger partial charge in [-0.3, -0.25) is 9.59 Å². The molecule has 1 heterocycles. The molecule has 1 aromatic heterocycles. The van der Waals surface area contributed by atoms with E-state index in [0.29, 0.717) is 22.6 Å². The Morgan fingerprint density at radius 2 is 1.81 bits per heavy atom. The maximum absolute atomic E-state index is 14.7. The van der Waals surface area contributed by atoms with E-state index >= 15 is 0 Å². The van der Waals surface area contributed by atoms with Gasteiger partial charge in [-0.25, -0.2) is 9.07 Å². The molecule has 5 nitrogen and oxygen atoms in total. The third-order valence-electron chi connectivity index (χ3n) is 6.58. The van der Waals surface area contributed by atoms with Crippen LogP contribution in [-0.4, -0.2) is 16.6 Å². The fourth-order valence-corrected chi connectivity index (χ4v) is 4.46. The largest absolute Gasteiger partial charge is 0.345 e. The summed E-state index contributed by atoms with van der Waals surface area (Å²) in [5.41, 5.74) is 4.68. The van der Waals surface area contributed by atoms with Gasteiger partial charge in [-0.15, -0.1) is 0 Å². The Bertz CT molecular complexity index is 1200. The van der Waals surface area contributed by atoms with Crippen LogP contribution in [0, 0.1) is 18.7 Å². The number of nitrogens with one attached hydrogen (secondary N) is 2. The van der Waals surface area contributed by atoms with Gasteiger partial charge in [-0.05, 0) is 56.6 Å². The second kappa shape index (κ2) is 7.84. The molecule has 2 aliphatic rings. The molecule has 2 aliphatic carbocycles. The van der Waals surface area contributed by atoms with Crippen molar-refractivity contribution in [2.45, 2.75) is 51.1 Å². The van der Waals surface area contributed by atoms with E-state index in [-0.39, 0.29) is 23.4 Å². The fourth-order valence-electron chi connectivity index (χ4n) is 4.46. The minimum absolute atomic E-state index is 0.0484. The van der Waals surface area contributed by atoms with Crippen molar-refractivity contribution >= 4 is 16.7 Å². The maximum atomic E-state index is 14.7. The number of amides is 1. The lowest BCUT2D eigenvalue weighted by atomic mass is 9.94. The highest BCUT2D eigenvalue weighted by Crippen LogP contribution is 2.41. The van der Waals surface area contributed by atoms with Crippen LogP contribution in [-0.2, 0) is 0 Å². The van der Waals surface area contributed by atoms with Crippen LogP contribution in [0.25, 0.3) is 10.8 Å². The lowest BCUT2D eigenvalue weighted by Crippen LogP contribution is -2.42. The summed E-state index contributed by atoms with van der Waals surface area (Å²) in [5.74, 6) is -0.491. The molecule has 0 saturated heterocycles. The first kappa shape index (κ1) is 19.8. The highest BCUT2D eigenvalue weighted by atomic mass is 19.1. The summed E-state index contributed by atoms with van der Waals surface area (Å²) in [5, 5.41) is 3.49. The monoisotopic (exact) mass is 419 g/mol. The quantitative estimate of drug-likeness (QED) is 0.622. The normalized spacial score (nSPS) is 17.2. The zero-order valence-electron chi connectivity index (χ0n) is 17.5. The second-order valence-electron chi connectivity index (χ2n) is 8.72. The Labute approximate surface area is 180 Å². The first-order valence-corrected chi connectivity index (χ1v) is 11.0. The molecule has 5 rings (SSSR count). The van der Waals surface area contributed by atoms with Crippen LogP contribution in [0.3, 0.4) is 0 Å². The van der Waals surface area contributed by atoms with Gasteiger partial charge in [0.25, 0.3) is 11.5 Å². The van der Waals surface area contributed by atoms with Crippen molar-refractivity contribution in [3.8, 4) is 0 Å². The van der Waals surface area contributed by atoms with Crippen LogP contribution < -0.4 is 16.3 Å². The lowest BCUT2D eigenvalue weighted by molar-refractivity contribution is 0.0932. The molecule has 160 valence electrons. The number of rotatable bonds is 6. The Morgan fingerprint density at radius 1 is 1.06 bits per heavy atom. The summed E-state index contributed by atoms with van der Waals surface area (Å²) in [4.78, 5) is 26.7. The minimum atomic E-state index is -0.609. The van der Waals surface area contributed by atoms with Gasteiger partial charge in [0.2, 0.25) is 0 Å². The maximum Gasteiger partial charge on any atom is 0.279 e. The van der Waals surface area contributed by atoms with Crippen molar-refractivity contribution in [1.29, 1.82) is 0 Å². The van der Waals surface area contributed by atoms with E-state index in [4.69, 9.17) is 0 Å². The van der Waals surface area contributed by atoms with Gasteiger partial charge in [0.1, 0.15) is 5.82 Å². The van der Waals surface area contributed by atoms with Gasteiger partial charge < -0.3 is 10.7 Å². The SMILES string of the molecule is Cc1c(C(=O)NC(c2ccccc2)C2CC2)c2cccc(F)c2c(=O)n1NC1CCC1.